The molecule has 0 saturated carbocycles. The van der Waals surface area contributed by atoms with Crippen LogP contribution in [0.1, 0.15) is 36.1 Å². The van der Waals surface area contributed by atoms with Gasteiger partial charge in [-0.25, -0.2) is 0 Å². The minimum Gasteiger partial charge on any atom is -0.497 e. The second-order valence-corrected chi connectivity index (χ2v) is 10.5. The van der Waals surface area contributed by atoms with E-state index >= 15 is 0 Å². The molecule has 1 aromatic heterocycles. The van der Waals surface area contributed by atoms with E-state index < -0.39 is 0 Å². The molecule has 6 nitrogen and oxygen atoms in total. The molecule has 2 aliphatic heterocycles. The van der Waals surface area contributed by atoms with Crippen molar-refractivity contribution in [2.24, 2.45) is 0 Å². The number of benzene rings is 2. The number of likely N-dealkylation sites (N-methyl/N-ethyl adjacent to an activating group) is 1. The van der Waals surface area contributed by atoms with Crippen LogP contribution in [0.3, 0.4) is 0 Å². The van der Waals surface area contributed by atoms with Gasteiger partial charge in [0.1, 0.15) is 5.75 Å². The van der Waals surface area contributed by atoms with Crippen molar-refractivity contribution in [3.05, 3.63) is 83.7 Å². The molecule has 2 aromatic carbocycles. The monoisotopic (exact) mass is 499 g/mol. The number of likely N-dealkylation sites (tertiary alicyclic amines) is 1. The van der Waals surface area contributed by atoms with Gasteiger partial charge in [-0.2, -0.15) is 0 Å². The number of nitrogens with zero attached hydrogens (tertiary/aromatic N) is 5. The van der Waals surface area contributed by atoms with Crippen LogP contribution >= 0.6 is 0 Å². The van der Waals surface area contributed by atoms with Crippen molar-refractivity contribution in [3.8, 4) is 5.75 Å². The summed E-state index contributed by atoms with van der Waals surface area (Å²) in [5.41, 5.74) is 6.26. The minimum absolute atomic E-state index is 0.809. The van der Waals surface area contributed by atoms with Gasteiger partial charge >= 0.3 is 0 Å². The van der Waals surface area contributed by atoms with E-state index in [4.69, 9.17) is 9.72 Å². The highest BCUT2D eigenvalue weighted by Gasteiger charge is 2.17. The summed E-state index contributed by atoms with van der Waals surface area (Å²) in [6.45, 7) is 9.33. The first-order chi connectivity index (χ1) is 18.2. The SMILES string of the molecule is COc1cccc(CN(Cc2cccc(N3CCN(C)CC3)c2)c2ccnc(CN3CCCCC3)c2)c1. The summed E-state index contributed by atoms with van der Waals surface area (Å²) < 4.78 is 5.51. The average Bonchev–Trinajstić information content (AvgIpc) is 2.94. The Morgan fingerprint density at radius 3 is 2.30 bits per heavy atom. The Hall–Kier alpha value is -3.09. The van der Waals surface area contributed by atoms with Crippen molar-refractivity contribution in [2.45, 2.75) is 38.9 Å². The minimum atomic E-state index is 0.809. The van der Waals surface area contributed by atoms with Crippen molar-refractivity contribution in [1.82, 2.24) is 14.8 Å². The highest BCUT2D eigenvalue weighted by Crippen LogP contribution is 2.25. The number of piperidine rings is 1. The zero-order valence-electron chi connectivity index (χ0n) is 22.5. The van der Waals surface area contributed by atoms with E-state index in [0.717, 1.165) is 57.3 Å². The smallest absolute Gasteiger partial charge is 0.119 e. The van der Waals surface area contributed by atoms with Gasteiger partial charge in [-0.15, -0.1) is 0 Å². The summed E-state index contributed by atoms with van der Waals surface area (Å²) in [6, 6.07) is 22.0. The summed E-state index contributed by atoms with van der Waals surface area (Å²) in [5.74, 6) is 0.898. The number of rotatable bonds is 9. The van der Waals surface area contributed by atoms with E-state index in [2.05, 4.69) is 81.2 Å². The van der Waals surface area contributed by atoms with Gasteiger partial charge in [0, 0.05) is 63.4 Å². The Labute approximate surface area is 222 Å². The lowest BCUT2D eigenvalue weighted by molar-refractivity contribution is 0.218. The van der Waals surface area contributed by atoms with E-state index in [9.17, 15) is 0 Å². The number of anilines is 2. The molecule has 0 bridgehead atoms. The largest absolute Gasteiger partial charge is 0.497 e. The summed E-state index contributed by atoms with van der Waals surface area (Å²) in [5, 5.41) is 0. The summed E-state index contributed by atoms with van der Waals surface area (Å²) in [6.07, 6.45) is 5.93. The lowest BCUT2D eigenvalue weighted by atomic mass is 10.1. The van der Waals surface area contributed by atoms with Gasteiger partial charge in [0.25, 0.3) is 0 Å². The maximum Gasteiger partial charge on any atom is 0.119 e. The topological polar surface area (TPSA) is 35.1 Å². The third kappa shape index (κ3) is 7.02. The molecule has 0 spiro atoms. The highest BCUT2D eigenvalue weighted by molar-refractivity contribution is 5.52. The molecule has 0 N–H and O–H groups in total. The number of ether oxygens (including phenoxy) is 1. The standard InChI is InChI=1S/C31H41N5O/c1-33-16-18-35(19-17-33)29-10-6-8-26(20-29)23-36(24-27-9-7-11-31(21-27)37-2)30-12-13-32-28(22-30)25-34-14-4-3-5-15-34/h6-13,20-22H,3-5,14-19,23-25H2,1-2H3. The first-order valence-corrected chi connectivity index (χ1v) is 13.7. The molecule has 3 aromatic rings. The fourth-order valence-electron chi connectivity index (χ4n) is 5.46. The second-order valence-electron chi connectivity index (χ2n) is 10.5. The molecule has 6 heteroatoms. The van der Waals surface area contributed by atoms with Crippen LogP contribution in [0, 0.1) is 0 Å². The maximum atomic E-state index is 5.51. The van der Waals surface area contributed by atoms with Crippen molar-refractivity contribution in [2.75, 3.05) is 63.2 Å². The van der Waals surface area contributed by atoms with Crippen molar-refractivity contribution in [3.63, 3.8) is 0 Å². The molecule has 2 saturated heterocycles. The molecule has 0 amide bonds. The molecule has 2 aliphatic rings. The van der Waals surface area contributed by atoms with E-state index in [1.165, 1.54) is 54.9 Å². The molecular weight excluding hydrogens is 458 g/mol. The molecule has 0 radical (unpaired) electrons. The Balaban J connectivity index is 1.38. The zero-order chi connectivity index (χ0) is 25.5. The zero-order valence-corrected chi connectivity index (χ0v) is 22.5. The predicted octanol–water partition coefficient (Wildman–Crippen LogP) is 5.03. The molecule has 3 heterocycles. The second kappa shape index (κ2) is 12.4. The van der Waals surface area contributed by atoms with Gasteiger partial charge in [0.15, 0.2) is 0 Å². The molecular formula is C31H41N5O. The number of aromatic nitrogens is 1. The van der Waals surface area contributed by atoms with Gasteiger partial charge < -0.3 is 19.4 Å². The number of methoxy groups -OCH3 is 1. The molecule has 196 valence electrons. The Kier molecular flexibility index (Phi) is 8.59. The van der Waals surface area contributed by atoms with Crippen LogP contribution < -0.4 is 14.5 Å². The van der Waals surface area contributed by atoms with Crippen LogP contribution in [-0.4, -0.2) is 68.2 Å². The van der Waals surface area contributed by atoms with E-state index in [0.29, 0.717) is 0 Å². The lowest BCUT2D eigenvalue weighted by Gasteiger charge is -2.34. The van der Waals surface area contributed by atoms with Gasteiger partial charge in [0.2, 0.25) is 0 Å². The summed E-state index contributed by atoms with van der Waals surface area (Å²) >= 11 is 0. The fourth-order valence-corrected chi connectivity index (χ4v) is 5.46. The van der Waals surface area contributed by atoms with Crippen LogP contribution in [0.5, 0.6) is 5.75 Å². The molecule has 37 heavy (non-hydrogen) atoms. The van der Waals surface area contributed by atoms with Crippen LogP contribution in [0.25, 0.3) is 0 Å². The highest BCUT2D eigenvalue weighted by atomic mass is 16.5. The van der Waals surface area contributed by atoms with Gasteiger partial charge in [0.05, 0.1) is 12.8 Å². The van der Waals surface area contributed by atoms with Crippen molar-refractivity contribution < 1.29 is 4.74 Å². The first kappa shape index (κ1) is 25.6. The quantitative estimate of drug-likeness (QED) is 0.411. The van der Waals surface area contributed by atoms with Crippen LogP contribution in [0.2, 0.25) is 0 Å². The van der Waals surface area contributed by atoms with E-state index in [1.54, 1.807) is 7.11 Å². The number of hydrogen-bond donors (Lipinski definition) is 0. The molecule has 2 fully saturated rings. The van der Waals surface area contributed by atoms with Gasteiger partial charge in [-0.05, 0) is 80.5 Å². The van der Waals surface area contributed by atoms with Crippen LogP contribution in [-0.2, 0) is 19.6 Å². The first-order valence-electron chi connectivity index (χ1n) is 13.7. The van der Waals surface area contributed by atoms with Crippen molar-refractivity contribution >= 4 is 11.4 Å². The molecule has 5 rings (SSSR count). The maximum absolute atomic E-state index is 5.51. The number of hydrogen-bond acceptors (Lipinski definition) is 6. The third-order valence-electron chi connectivity index (χ3n) is 7.66. The Morgan fingerprint density at radius 2 is 1.54 bits per heavy atom. The number of pyridine rings is 1. The predicted molar refractivity (Wildman–Crippen MR) is 152 cm³/mol. The van der Waals surface area contributed by atoms with E-state index in [-0.39, 0.29) is 0 Å². The molecule has 0 unspecified atom stereocenters. The number of piperazine rings is 1. The van der Waals surface area contributed by atoms with Gasteiger partial charge in [-0.3, -0.25) is 9.88 Å². The van der Waals surface area contributed by atoms with Crippen molar-refractivity contribution in [1.29, 1.82) is 0 Å². The van der Waals surface area contributed by atoms with E-state index in [1.807, 2.05) is 12.3 Å². The molecule has 0 atom stereocenters. The third-order valence-corrected chi connectivity index (χ3v) is 7.66. The Morgan fingerprint density at radius 1 is 0.811 bits per heavy atom. The normalized spacial score (nSPS) is 17.1. The Bertz CT molecular complexity index is 1140. The van der Waals surface area contributed by atoms with Crippen LogP contribution in [0.4, 0.5) is 11.4 Å². The molecule has 0 aliphatic carbocycles. The lowest BCUT2D eigenvalue weighted by Crippen LogP contribution is -2.44. The summed E-state index contributed by atoms with van der Waals surface area (Å²) in [4.78, 5) is 14.7. The fraction of sp³-hybridized carbons (Fsp3) is 0.452. The van der Waals surface area contributed by atoms with Gasteiger partial charge in [-0.1, -0.05) is 30.7 Å². The average molecular weight is 500 g/mol. The van der Waals surface area contributed by atoms with Crippen LogP contribution in [0.15, 0.2) is 66.9 Å². The summed E-state index contributed by atoms with van der Waals surface area (Å²) in [7, 11) is 3.94.